The van der Waals surface area contributed by atoms with E-state index in [-0.39, 0.29) is 18.3 Å². The van der Waals surface area contributed by atoms with E-state index in [4.69, 9.17) is 16.3 Å². The number of halogens is 2. The fourth-order valence-electron chi connectivity index (χ4n) is 1.48. The van der Waals surface area contributed by atoms with E-state index >= 15 is 0 Å². The van der Waals surface area contributed by atoms with Crippen LogP contribution < -0.4 is 10.1 Å². The molecule has 0 unspecified atom stereocenters. The number of pyridine rings is 1. The Bertz CT molecular complexity index is 562. The van der Waals surface area contributed by atoms with Crippen LogP contribution in [0.4, 0.5) is 5.69 Å². The Labute approximate surface area is 122 Å². The molecule has 0 bridgehead atoms. The summed E-state index contributed by atoms with van der Waals surface area (Å²) in [7, 11) is 1.53. The molecule has 0 aliphatic heterocycles. The van der Waals surface area contributed by atoms with Gasteiger partial charge in [-0.1, -0.05) is 11.6 Å². The lowest BCUT2D eigenvalue weighted by molar-refractivity contribution is 0.102. The molecule has 1 aromatic carbocycles. The summed E-state index contributed by atoms with van der Waals surface area (Å²) in [5.41, 5.74) is 1.05. The fraction of sp³-hybridized carbons (Fsp3) is 0.0769. The van der Waals surface area contributed by atoms with Crippen molar-refractivity contribution in [2.24, 2.45) is 0 Å². The second-order valence-electron chi connectivity index (χ2n) is 3.53. The van der Waals surface area contributed by atoms with Crippen LogP contribution in [-0.2, 0) is 0 Å². The topological polar surface area (TPSA) is 51.2 Å². The van der Waals surface area contributed by atoms with Crippen LogP contribution in [0.25, 0.3) is 0 Å². The highest BCUT2D eigenvalue weighted by Crippen LogP contribution is 2.27. The van der Waals surface area contributed by atoms with Crippen molar-refractivity contribution in [1.82, 2.24) is 4.98 Å². The third-order valence-electron chi connectivity index (χ3n) is 2.35. The van der Waals surface area contributed by atoms with E-state index in [1.54, 1.807) is 42.7 Å². The van der Waals surface area contributed by atoms with E-state index in [0.717, 1.165) is 0 Å². The Morgan fingerprint density at radius 1 is 1.26 bits per heavy atom. The van der Waals surface area contributed by atoms with Crippen molar-refractivity contribution in [1.29, 1.82) is 0 Å². The van der Waals surface area contributed by atoms with Gasteiger partial charge in [-0.3, -0.25) is 9.78 Å². The molecule has 6 heteroatoms. The molecule has 0 atom stereocenters. The second-order valence-corrected chi connectivity index (χ2v) is 3.97. The number of aromatic nitrogens is 1. The fourth-order valence-corrected chi connectivity index (χ4v) is 1.65. The summed E-state index contributed by atoms with van der Waals surface area (Å²) in [5.74, 6) is 0.319. The van der Waals surface area contributed by atoms with Gasteiger partial charge < -0.3 is 10.1 Å². The van der Waals surface area contributed by atoms with Gasteiger partial charge in [0.25, 0.3) is 5.91 Å². The van der Waals surface area contributed by atoms with E-state index in [0.29, 0.717) is 22.0 Å². The van der Waals surface area contributed by atoms with Crippen LogP contribution in [0.1, 0.15) is 10.4 Å². The van der Waals surface area contributed by atoms with E-state index in [9.17, 15) is 4.79 Å². The molecule has 1 aromatic heterocycles. The van der Waals surface area contributed by atoms with Gasteiger partial charge in [0.2, 0.25) is 0 Å². The van der Waals surface area contributed by atoms with Crippen LogP contribution in [0.2, 0.25) is 5.02 Å². The molecular formula is C13H12Cl2N2O2. The predicted molar refractivity (Wildman–Crippen MR) is 77.4 cm³/mol. The molecule has 0 radical (unpaired) electrons. The Morgan fingerprint density at radius 2 is 1.95 bits per heavy atom. The zero-order chi connectivity index (χ0) is 13.0. The van der Waals surface area contributed by atoms with Gasteiger partial charge in [-0.05, 0) is 30.3 Å². The first kappa shape index (κ1) is 15.3. The highest BCUT2D eigenvalue weighted by molar-refractivity contribution is 6.31. The first-order valence-electron chi connectivity index (χ1n) is 5.25. The minimum absolute atomic E-state index is 0. The van der Waals surface area contributed by atoms with E-state index in [2.05, 4.69) is 10.3 Å². The van der Waals surface area contributed by atoms with Crippen LogP contribution in [0, 0.1) is 0 Å². The molecule has 100 valence electrons. The lowest BCUT2D eigenvalue weighted by atomic mass is 10.2. The van der Waals surface area contributed by atoms with Gasteiger partial charge in [-0.2, -0.15) is 0 Å². The molecule has 1 N–H and O–H groups in total. The summed E-state index contributed by atoms with van der Waals surface area (Å²) in [6, 6.07) is 8.30. The van der Waals surface area contributed by atoms with Crippen LogP contribution in [0.15, 0.2) is 42.7 Å². The number of hydrogen-bond donors (Lipinski definition) is 1. The molecule has 2 rings (SSSR count). The molecule has 0 saturated carbocycles. The van der Waals surface area contributed by atoms with Crippen molar-refractivity contribution in [3.8, 4) is 5.75 Å². The summed E-state index contributed by atoms with van der Waals surface area (Å²) in [6.07, 6.45) is 3.12. The monoisotopic (exact) mass is 298 g/mol. The quantitative estimate of drug-likeness (QED) is 0.944. The van der Waals surface area contributed by atoms with Gasteiger partial charge in [0, 0.05) is 23.0 Å². The standard InChI is InChI=1S/C13H11ClN2O2.ClH/c1-18-12-3-2-10(14)8-11(12)16-13(17)9-4-6-15-7-5-9;/h2-8H,1H3,(H,16,17);1H. The molecule has 0 spiro atoms. The Balaban J connectivity index is 0.00000180. The summed E-state index contributed by atoms with van der Waals surface area (Å²) >= 11 is 5.89. The maximum atomic E-state index is 12.0. The molecule has 4 nitrogen and oxygen atoms in total. The van der Waals surface area contributed by atoms with Crippen LogP contribution >= 0.6 is 24.0 Å². The Morgan fingerprint density at radius 3 is 2.58 bits per heavy atom. The van der Waals surface area contributed by atoms with E-state index < -0.39 is 0 Å². The van der Waals surface area contributed by atoms with Crippen LogP contribution in [-0.4, -0.2) is 18.0 Å². The molecule has 2 aromatic rings. The number of anilines is 1. The highest BCUT2D eigenvalue weighted by Gasteiger charge is 2.09. The molecule has 0 saturated heterocycles. The number of nitrogens with zero attached hydrogens (tertiary/aromatic N) is 1. The highest BCUT2D eigenvalue weighted by atomic mass is 35.5. The number of amides is 1. The van der Waals surface area contributed by atoms with Crippen molar-refractivity contribution >= 4 is 35.6 Å². The zero-order valence-electron chi connectivity index (χ0n) is 10.1. The lowest BCUT2D eigenvalue weighted by Gasteiger charge is -2.10. The van der Waals surface area contributed by atoms with Gasteiger partial charge in [0.15, 0.2) is 0 Å². The number of methoxy groups -OCH3 is 1. The van der Waals surface area contributed by atoms with Crippen molar-refractivity contribution in [2.75, 3.05) is 12.4 Å². The summed E-state index contributed by atoms with van der Waals surface area (Å²) < 4.78 is 5.15. The number of rotatable bonds is 3. The zero-order valence-corrected chi connectivity index (χ0v) is 11.7. The third kappa shape index (κ3) is 3.84. The normalized spacial score (nSPS) is 9.37. The number of carbonyl (C=O) groups is 1. The SMILES string of the molecule is COc1ccc(Cl)cc1NC(=O)c1ccncc1.Cl. The van der Waals surface area contributed by atoms with Crippen molar-refractivity contribution in [2.45, 2.75) is 0 Å². The Kier molecular flexibility index (Phi) is 5.60. The van der Waals surface area contributed by atoms with Gasteiger partial charge in [0.1, 0.15) is 5.75 Å². The molecule has 1 heterocycles. The Hall–Kier alpha value is -1.78. The minimum atomic E-state index is -0.238. The molecule has 0 aliphatic rings. The second kappa shape index (κ2) is 6.97. The van der Waals surface area contributed by atoms with Crippen LogP contribution in [0.5, 0.6) is 5.75 Å². The average molecular weight is 299 g/mol. The first-order valence-corrected chi connectivity index (χ1v) is 5.63. The maximum Gasteiger partial charge on any atom is 0.255 e. The molecule has 19 heavy (non-hydrogen) atoms. The third-order valence-corrected chi connectivity index (χ3v) is 2.59. The summed E-state index contributed by atoms with van der Waals surface area (Å²) in [4.78, 5) is 15.8. The van der Waals surface area contributed by atoms with Crippen molar-refractivity contribution in [3.63, 3.8) is 0 Å². The van der Waals surface area contributed by atoms with Gasteiger partial charge in [-0.15, -0.1) is 12.4 Å². The number of benzene rings is 1. The maximum absolute atomic E-state index is 12.0. The first-order chi connectivity index (χ1) is 8.70. The number of carbonyl (C=O) groups excluding carboxylic acids is 1. The summed E-state index contributed by atoms with van der Waals surface area (Å²) in [6.45, 7) is 0. The molecule has 0 aliphatic carbocycles. The van der Waals surface area contributed by atoms with Crippen molar-refractivity contribution < 1.29 is 9.53 Å². The summed E-state index contributed by atoms with van der Waals surface area (Å²) in [5, 5.41) is 3.27. The smallest absolute Gasteiger partial charge is 0.255 e. The largest absolute Gasteiger partial charge is 0.495 e. The molecule has 0 fully saturated rings. The number of hydrogen-bond acceptors (Lipinski definition) is 3. The molecular weight excluding hydrogens is 287 g/mol. The number of ether oxygens (including phenoxy) is 1. The predicted octanol–water partition coefficient (Wildman–Crippen LogP) is 3.42. The van der Waals surface area contributed by atoms with Gasteiger partial charge in [-0.25, -0.2) is 0 Å². The van der Waals surface area contributed by atoms with E-state index in [1.807, 2.05) is 0 Å². The minimum Gasteiger partial charge on any atom is -0.495 e. The number of nitrogens with one attached hydrogen (secondary N) is 1. The average Bonchev–Trinajstić information content (AvgIpc) is 2.40. The van der Waals surface area contributed by atoms with Crippen molar-refractivity contribution in [3.05, 3.63) is 53.3 Å². The van der Waals surface area contributed by atoms with E-state index in [1.165, 1.54) is 7.11 Å². The lowest BCUT2D eigenvalue weighted by Crippen LogP contribution is -2.12. The van der Waals surface area contributed by atoms with Gasteiger partial charge in [0.05, 0.1) is 12.8 Å². The van der Waals surface area contributed by atoms with Gasteiger partial charge >= 0.3 is 0 Å². The van der Waals surface area contributed by atoms with Crippen LogP contribution in [0.3, 0.4) is 0 Å². The molecule has 1 amide bonds.